The standard InChI is InChI=1S/C13H19BrN2O4S/c1-19-11-6-10(14)13(7-12(11)20-2)21(17,18)16-9-4-3-5-15-8-9/h6-7,9,15-16H,3-5,8H2,1-2H3/t9-/m0/s1. The molecule has 2 N–H and O–H groups in total. The fraction of sp³-hybridized carbons (Fsp3) is 0.538. The van der Waals surface area contributed by atoms with Crippen LogP contribution in [0.2, 0.25) is 0 Å². The summed E-state index contributed by atoms with van der Waals surface area (Å²) in [6.07, 6.45) is 1.79. The summed E-state index contributed by atoms with van der Waals surface area (Å²) in [7, 11) is -0.643. The number of hydrogen-bond acceptors (Lipinski definition) is 5. The molecule has 1 aromatic carbocycles. The number of nitrogens with one attached hydrogen (secondary N) is 2. The van der Waals surface area contributed by atoms with Gasteiger partial charge in [-0.25, -0.2) is 13.1 Å². The van der Waals surface area contributed by atoms with Crippen molar-refractivity contribution in [1.29, 1.82) is 0 Å². The molecule has 1 aromatic rings. The molecule has 118 valence electrons. The van der Waals surface area contributed by atoms with Gasteiger partial charge in [0, 0.05) is 23.1 Å². The van der Waals surface area contributed by atoms with Gasteiger partial charge in [0.25, 0.3) is 0 Å². The molecule has 0 radical (unpaired) electrons. The summed E-state index contributed by atoms with van der Waals surface area (Å²) in [5.41, 5.74) is 0. The lowest BCUT2D eigenvalue weighted by molar-refractivity contribution is 0.353. The van der Waals surface area contributed by atoms with E-state index in [0.717, 1.165) is 19.4 Å². The van der Waals surface area contributed by atoms with Gasteiger partial charge < -0.3 is 14.8 Å². The first-order chi connectivity index (χ1) is 9.97. The Morgan fingerprint density at radius 2 is 1.95 bits per heavy atom. The van der Waals surface area contributed by atoms with Crippen LogP contribution in [-0.2, 0) is 10.0 Å². The highest BCUT2D eigenvalue weighted by atomic mass is 79.9. The second-order valence-electron chi connectivity index (χ2n) is 4.80. The number of benzene rings is 1. The van der Waals surface area contributed by atoms with E-state index in [2.05, 4.69) is 26.0 Å². The Hall–Kier alpha value is -0.830. The predicted molar refractivity (Wildman–Crippen MR) is 83.5 cm³/mol. The van der Waals surface area contributed by atoms with Gasteiger partial charge in [0.2, 0.25) is 10.0 Å². The number of hydrogen-bond donors (Lipinski definition) is 2. The van der Waals surface area contributed by atoms with Gasteiger partial charge in [-0.05, 0) is 41.4 Å². The Bertz CT molecular complexity index is 600. The molecule has 0 saturated carbocycles. The van der Waals surface area contributed by atoms with Crippen molar-refractivity contribution in [3.05, 3.63) is 16.6 Å². The van der Waals surface area contributed by atoms with E-state index in [1.54, 1.807) is 6.07 Å². The zero-order chi connectivity index (χ0) is 15.5. The second kappa shape index (κ2) is 6.95. The molecule has 6 nitrogen and oxygen atoms in total. The normalized spacial score (nSPS) is 19.3. The third kappa shape index (κ3) is 3.88. The molecular formula is C13H19BrN2O4S. The van der Waals surface area contributed by atoms with Crippen LogP contribution in [0.3, 0.4) is 0 Å². The first-order valence-corrected chi connectivity index (χ1v) is 8.90. The van der Waals surface area contributed by atoms with Crippen LogP contribution in [0.5, 0.6) is 11.5 Å². The smallest absolute Gasteiger partial charge is 0.242 e. The highest BCUT2D eigenvalue weighted by molar-refractivity contribution is 9.10. The number of rotatable bonds is 5. The first kappa shape index (κ1) is 16.5. The highest BCUT2D eigenvalue weighted by Gasteiger charge is 2.25. The van der Waals surface area contributed by atoms with E-state index in [1.165, 1.54) is 20.3 Å². The molecule has 0 amide bonds. The van der Waals surface area contributed by atoms with Crippen molar-refractivity contribution in [2.24, 2.45) is 0 Å². The van der Waals surface area contributed by atoms with E-state index in [1.807, 2.05) is 0 Å². The van der Waals surface area contributed by atoms with Gasteiger partial charge in [-0.1, -0.05) is 0 Å². The Balaban J connectivity index is 2.30. The van der Waals surface area contributed by atoms with Crippen LogP contribution in [0.15, 0.2) is 21.5 Å². The van der Waals surface area contributed by atoms with Crippen LogP contribution in [-0.4, -0.2) is 41.8 Å². The van der Waals surface area contributed by atoms with Gasteiger partial charge in [0.15, 0.2) is 11.5 Å². The summed E-state index contributed by atoms with van der Waals surface area (Å²) in [5.74, 6) is 0.852. The van der Waals surface area contributed by atoms with Gasteiger partial charge >= 0.3 is 0 Å². The van der Waals surface area contributed by atoms with E-state index >= 15 is 0 Å². The van der Waals surface area contributed by atoms with Crippen molar-refractivity contribution in [2.75, 3.05) is 27.3 Å². The second-order valence-corrected chi connectivity index (χ2v) is 7.34. The van der Waals surface area contributed by atoms with Crippen molar-refractivity contribution in [3.63, 3.8) is 0 Å². The van der Waals surface area contributed by atoms with Gasteiger partial charge in [-0.15, -0.1) is 0 Å². The third-order valence-corrected chi connectivity index (χ3v) is 5.83. The molecule has 1 heterocycles. The largest absolute Gasteiger partial charge is 0.493 e. The lowest BCUT2D eigenvalue weighted by atomic mass is 10.1. The van der Waals surface area contributed by atoms with Gasteiger partial charge in [0.1, 0.15) is 4.90 Å². The zero-order valence-electron chi connectivity index (χ0n) is 12.0. The maximum Gasteiger partial charge on any atom is 0.242 e. The monoisotopic (exact) mass is 378 g/mol. The average molecular weight is 379 g/mol. The van der Waals surface area contributed by atoms with E-state index in [-0.39, 0.29) is 10.9 Å². The molecule has 1 atom stereocenters. The van der Waals surface area contributed by atoms with Gasteiger partial charge in [0.05, 0.1) is 14.2 Å². The van der Waals surface area contributed by atoms with Crippen LogP contribution in [0.25, 0.3) is 0 Å². The van der Waals surface area contributed by atoms with Crippen molar-refractivity contribution in [3.8, 4) is 11.5 Å². The van der Waals surface area contributed by atoms with Crippen molar-refractivity contribution in [2.45, 2.75) is 23.8 Å². The Morgan fingerprint density at radius 1 is 1.29 bits per heavy atom. The number of methoxy groups -OCH3 is 2. The quantitative estimate of drug-likeness (QED) is 0.811. The Morgan fingerprint density at radius 3 is 2.52 bits per heavy atom. The molecule has 0 aliphatic carbocycles. The maximum atomic E-state index is 12.5. The minimum absolute atomic E-state index is 0.0938. The number of ether oxygens (including phenoxy) is 2. The van der Waals surface area contributed by atoms with Crippen LogP contribution >= 0.6 is 15.9 Å². The fourth-order valence-electron chi connectivity index (χ4n) is 2.28. The molecule has 2 rings (SSSR count). The van der Waals surface area contributed by atoms with E-state index in [9.17, 15) is 8.42 Å². The van der Waals surface area contributed by atoms with E-state index in [0.29, 0.717) is 22.5 Å². The minimum atomic E-state index is -3.62. The Kier molecular flexibility index (Phi) is 5.48. The molecule has 21 heavy (non-hydrogen) atoms. The molecule has 0 spiro atoms. The molecule has 0 bridgehead atoms. The number of halogens is 1. The fourth-order valence-corrected chi connectivity index (χ4v) is 4.58. The summed E-state index contributed by atoms with van der Waals surface area (Å²) < 4.78 is 38.5. The van der Waals surface area contributed by atoms with Crippen LogP contribution in [0.1, 0.15) is 12.8 Å². The molecule has 0 unspecified atom stereocenters. The lowest BCUT2D eigenvalue weighted by Gasteiger charge is -2.24. The van der Waals surface area contributed by atoms with Gasteiger partial charge in [-0.2, -0.15) is 0 Å². The van der Waals surface area contributed by atoms with Crippen LogP contribution < -0.4 is 19.5 Å². The highest BCUT2D eigenvalue weighted by Crippen LogP contribution is 2.35. The first-order valence-electron chi connectivity index (χ1n) is 6.62. The SMILES string of the molecule is COc1cc(Br)c(S(=O)(=O)N[C@H]2CCCNC2)cc1OC. The van der Waals surface area contributed by atoms with Crippen LogP contribution in [0.4, 0.5) is 0 Å². The number of sulfonamides is 1. The summed E-state index contributed by atoms with van der Waals surface area (Å²) >= 11 is 3.28. The molecule has 0 aromatic heterocycles. The predicted octanol–water partition coefficient (Wildman–Crippen LogP) is 1.50. The molecule has 1 fully saturated rings. The summed E-state index contributed by atoms with van der Waals surface area (Å²) in [6, 6.07) is 2.96. The van der Waals surface area contributed by atoms with Crippen molar-refractivity contribution in [1.82, 2.24) is 10.0 Å². The van der Waals surface area contributed by atoms with Crippen molar-refractivity contribution >= 4 is 26.0 Å². The van der Waals surface area contributed by atoms with Gasteiger partial charge in [-0.3, -0.25) is 0 Å². The van der Waals surface area contributed by atoms with E-state index < -0.39 is 10.0 Å². The topological polar surface area (TPSA) is 76.7 Å². The van der Waals surface area contributed by atoms with Crippen LogP contribution in [0, 0.1) is 0 Å². The minimum Gasteiger partial charge on any atom is -0.493 e. The number of piperidine rings is 1. The molecule has 1 aliphatic rings. The van der Waals surface area contributed by atoms with Crippen molar-refractivity contribution < 1.29 is 17.9 Å². The summed E-state index contributed by atoms with van der Waals surface area (Å²) in [6.45, 7) is 1.57. The zero-order valence-corrected chi connectivity index (χ0v) is 14.4. The van der Waals surface area contributed by atoms with E-state index in [4.69, 9.17) is 9.47 Å². The Labute approximate surface area is 133 Å². The summed E-state index contributed by atoms with van der Waals surface area (Å²) in [4.78, 5) is 0.144. The third-order valence-electron chi connectivity index (χ3n) is 3.35. The molecule has 8 heteroatoms. The molecule has 1 saturated heterocycles. The average Bonchev–Trinajstić information content (AvgIpc) is 2.47. The lowest BCUT2D eigenvalue weighted by Crippen LogP contribution is -2.45. The molecular weight excluding hydrogens is 360 g/mol. The molecule has 1 aliphatic heterocycles. The maximum absolute atomic E-state index is 12.5. The summed E-state index contributed by atoms with van der Waals surface area (Å²) in [5, 5.41) is 3.18.